The predicted molar refractivity (Wildman–Crippen MR) is 90.3 cm³/mol. The fraction of sp³-hybridized carbons (Fsp3) is 0.733. The summed E-state index contributed by atoms with van der Waals surface area (Å²) in [5, 5.41) is 3.33. The van der Waals surface area contributed by atoms with Gasteiger partial charge in [0.2, 0.25) is 0 Å². The molecule has 1 heterocycles. The molecule has 1 N–H and O–H groups in total. The normalized spacial score (nSPS) is 14.1. The maximum atomic E-state index is 12.7. The summed E-state index contributed by atoms with van der Waals surface area (Å²) in [5.41, 5.74) is 1.05. The van der Waals surface area contributed by atoms with Crippen molar-refractivity contribution in [3.63, 3.8) is 0 Å². The predicted octanol–water partition coefficient (Wildman–Crippen LogP) is 3.22. The van der Waals surface area contributed by atoms with E-state index in [1.54, 1.807) is 13.1 Å². The molecule has 21 heavy (non-hydrogen) atoms. The Kier molecular flexibility index (Phi) is 6.84. The first-order valence-corrected chi connectivity index (χ1v) is 9.75. The molecule has 0 aliphatic carbocycles. The van der Waals surface area contributed by atoms with Gasteiger partial charge in [-0.05, 0) is 44.4 Å². The Bertz CT molecular complexity index is 550. The second kappa shape index (κ2) is 7.72. The molecule has 1 aromatic rings. The number of aryl methyl sites for hydroxylation is 1. The Morgan fingerprint density at radius 3 is 2.48 bits per heavy atom. The zero-order valence-electron chi connectivity index (χ0n) is 13.9. The molecule has 4 nitrogen and oxygen atoms in total. The molecule has 0 aliphatic heterocycles. The van der Waals surface area contributed by atoms with Gasteiger partial charge in [0.15, 0.2) is 0 Å². The van der Waals surface area contributed by atoms with Crippen LogP contribution in [0.4, 0.5) is 0 Å². The smallest absolute Gasteiger partial charge is 0.252 e. The standard InChI is InChI=1S/C15H28N2O2S2/c1-7-8-16-10-14-12(4)9-15(20-14)21(18,19)17(6)13(5)11(2)3/h9,11,13,16H,7-8,10H2,1-6H3. The van der Waals surface area contributed by atoms with Crippen LogP contribution in [-0.4, -0.2) is 32.4 Å². The lowest BCUT2D eigenvalue weighted by Gasteiger charge is -2.26. The van der Waals surface area contributed by atoms with E-state index in [1.807, 2.05) is 27.7 Å². The van der Waals surface area contributed by atoms with Crippen molar-refractivity contribution in [2.45, 2.75) is 57.8 Å². The van der Waals surface area contributed by atoms with Crippen molar-refractivity contribution in [2.24, 2.45) is 5.92 Å². The summed E-state index contributed by atoms with van der Waals surface area (Å²) in [6.45, 7) is 11.8. The van der Waals surface area contributed by atoms with Crippen LogP contribution in [-0.2, 0) is 16.6 Å². The lowest BCUT2D eigenvalue weighted by molar-refractivity contribution is 0.316. The van der Waals surface area contributed by atoms with Gasteiger partial charge in [0.25, 0.3) is 10.0 Å². The van der Waals surface area contributed by atoms with Crippen molar-refractivity contribution < 1.29 is 8.42 Å². The number of hydrogen-bond donors (Lipinski definition) is 1. The Balaban J connectivity index is 2.96. The van der Waals surface area contributed by atoms with E-state index < -0.39 is 10.0 Å². The zero-order chi connectivity index (χ0) is 16.2. The van der Waals surface area contributed by atoms with Crippen LogP contribution >= 0.6 is 11.3 Å². The van der Waals surface area contributed by atoms with Gasteiger partial charge < -0.3 is 5.32 Å². The minimum absolute atomic E-state index is 0.0147. The van der Waals surface area contributed by atoms with Gasteiger partial charge in [-0.3, -0.25) is 0 Å². The van der Waals surface area contributed by atoms with Crippen LogP contribution in [0.2, 0.25) is 0 Å². The molecule has 0 saturated heterocycles. The first-order chi connectivity index (χ1) is 9.71. The van der Waals surface area contributed by atoms with E-state index in [0.29, 0.717) is 4.21 Å². The molecule has 0 spiro atoms. The van der Waals surface area contributed by atoms with Crippen LogP contribution < -0.4 is 5.32 Å². The molecule has 0 aromatic carbocycles. The van der Waals surface area contributed by atoms with E-state index in [0.717, 1.165) is 30.0 Å². The Morgan fingerprint density at radius 2 is 1.95 bits per heavy atom. The molecule has 0 saturated carbocycles. The summed E-state index contributed by atoms with van der Waals surface area (Å²) >= 11 is 1.38. The van der Waals surface area contributed by atoms with Gasteiger partial charge in [0.1, 0.15) is 4.21 Å². The van der Waals surface area contributed by atoms with Crippen LogP contribution in [0.25, 0.3) is 0 Å². The highest BCUT2D eigenvalue weighted by Gasteiger charge is 2.29. The molecule has 0 bridgehead atoms. The van der Waals surface area contributed by atoms with Crippen molar-refractivity contribution in [2.75, 3.05) is 13.6 Å². The van der Waals surface area contributed by atoms with Crippen molar-refractivity contribution in [3.05, 3.63) is 16.5 Å². The molecular formula is C15H28N2O2S2. The quantitative estimate of drug-likeness (QED) is 0.744. The molecule has 1 aromatic heterocycles. The summed E-state index contributed by atoms with van der Waals surface area (Å²) in [6, 6.07) is 1.78. The average molecular weight is 333 g/mol. The van der Waals surface area contributed by atoms with E-state index in [1.165, 1.54) is 15.6 Å². The minimum atomic E-state index is -3.39. The van der Waals surface area contributed by atoms with Gasteiger partial charge in [-0.15, -0.1) is 11.3 Å². The molecule has 0 fully saturated rings. The highest BCUT2D eigenvalue weighted by Crippen LogP contribution is 2.29. The largest absolute Gasteiger partial charge is 0.312 e. The minimum Gasteiger partial charge on any atom is -0.312 e. The third-order valence-electron chi connectivity index (χ3n) is 3.88. The SMILES string of the molecule is CCCNCc1sc(S(=O)(=O)N(C)C(C)C(C)C)cc1C. The van der Waals surface area contributed by atoms with E-state index in [4.69, 9.17) is 0 Å². The van der Waals surface area contributed by atoms with Crippen LogP contribution in [0.3, 0.4) is 0 Å². The van der Waals surface area contributed by atoms with Crippen molar-refractivity contribution >= 4 is 21.4 Å². The molecule has 0 aliphatic rings. The van der Waals surface area contributed by atoms with Crippen molar-refractivity contribution in [1.29, 1.82) is 0 Å². The summed E-state index contributed by atoms with van der Waals surface area (Å²) in [6.07, 6.45) is 1.07. The second-order valence-corrected chi connectivity index (χ2v) is 9.22. The van der Waals surface area contributed by atoms with Gasteiger partial charge in [-0.25, -0.2) is 8.42 Å². The number of hydrogen-bond acceptors (Lipinski definition) is 4. The number of nitrogens with one attached hydrogen (secondary N) is 1. The Labute approximate surface area is 133 Å². The van der Waals surface area contributed by atoms with Gasteiger partial charge in [-0.2, -0.15) is 4.31 Å². The van der Waals surface area contributed by atoms with Crippen molar-refractivity contribution in [3.8, 4) is 0 Å². The van der Waals surface area contributed by atoms with Gasteiger partial charge in [0.05, 0.1) is 0 Å². The van der Waals surface area contributed by atoms with E-state index in [2.05, 4.69) is 12.2 Å². The van der Waals surface area contributed by atoms with Gasteiger partial charge in [-0.1, -0.05) is 20.8 Å². The summed E-state index contributed by atoms with van der Waals surface area (Å²) in [5.74, 6) is 0.288. The molecular weight excluding hydrogens is 304 g/mol. The van der Waals surface area contributed by atoms with Gasteiger partial charge in [0, 0.05) is 24.5 Å². The second-order valence-electron chi connectivity index (χ2n) is 5.85. The summed E-state index contributed by atoms with van der Waals surface area (Å²) in [4.78, 5) is 1.10. The maximum absolute atomic E-state index is 12.7. The monoisotopic (exact) mass is 332 g/mol. The lowest BCUT2D eigenvalue weighted by Crippen LogP contribution is -2.37. The molecule has 122 valence electrons. The molecule has 1 atom stereocenters. The van der Waals surface area contributed by atoms with Crippen LogP contribution in [0.5, 0.6) is 0 Å². The lowest BCUT2D eigenvalue weighted by atomic mass is 10.1. The zero-order valence-corrected chi connectivity index (χ0v) is 15.6. The molecule has 0 radical (unpaired) electrons. The summed E-state index contributed by atoms with van der Waals surface area (Å²) < 4.78 is 27.3. The molecule has 1 rings (SSSR count). The molecule has 6 heteroatoms. The van der Waals surface area contributed by atoms with E-state index in [9.17, 15) is 8.42 Å². The fourth-order valence-electron chi connectivity index (χ4n) is 1.95. The van der Waals surface area contributed by atoms with Crippen LogP contribution in [0.15, 0.2) is 10.3 Å². The maximum Gasteiger partial charge on any atom is 0.252 e. The number of nitrogens with zero attached hydrogens (tertiary/aromatic N) is 1. The third kappa shape index (κ3) is 4.52. The Hall–Kier alpha value is -0.430. The highest BCUT2D eigenvalue weighted by atomic mass is 32.2. The summed E-state index contributed by atoms with van der Waals surface area (Å²) in [7, 11) is -1.72. The first-order valence-electron chi connectivity index (χ1n) is 7.49. The molecule has 0 amide bonds. The van der Waals surface area contributed by atoms with Crippen molar-refractivity contribution in [1.82, 2.24) is 9.62 Å². The number of rotatable bonds is 8. The topological polar surface area (TPSA) is 49.4 Å². The average Bonchev–Trinajstić information content (AvgIpc) is 2.79. The van der Waals surface area contributed by atoms with E-state index >= 15 is 0 Å². The highest BCUT2D eigenvalue weighted by molar-refractivity contribution is 7.91. The fourth-order valence-corrected chi connectivity index (χ4v) is 5.19. The Morgan fingerprint density at radius 1 is 1.33 bits per heavy atom. The molecule has 1 unspecified atom stereocenters. The first kappa shape index (κ1) is 18.6. The van der Waals surface area contributed by atoms with Gasteiger partial charge >= 0.3 is 0 Å². The van der Waals surface area contributed by atoms with E-state index in [-0.39, 0.29) is 12.0 Å². The number of sulfonamides is 1. The van der Waals surface area contributed by atoms with Crippen LogP contribution in [0.1, 0.15) is 44.6 Å². The van der Waals surface area contributed by atoms with Crippen LogP contribution in [0, 0.1) is 12.8 Å². The third-order valence-corrected chi connectivity index (χ3v) is 7.51. The number of thiophene rings is 1.